The lowest BCUT2D eigenvalue weighted by Gasteiger charge is -2.09. The van der Waals surface area contributed by atoms with E-state index in [1.807, 2.05) is 12.1 Å². The molecule has 6 heteroatoms. The molecule has 0 saturated carbocycles. The molecule has 0 radical (unpaired) electrons. The minimum atomic E-state index is 0.363. The van der Waals surface area contributed by atoms with Gasteiger partial charge in [0.1, 0.15) is 0 Å². The fraction of sp³-hybridized carbons (Fsp3) is 0.545. The Morgan fingerprint density at radius 1 is 1.41 bits per heavy atom. The lowest BCUT2D eigenvalue weighted by atomic mass is 10.1. The third-order valence-electron chi connectivity index (χ3n) is 3.34. The number of rotatable bonds is 2. The van der Waals surface area contributed by atoms with Crippen LogP contribution >= 0.6 is 0 Å². The molecule has 0 aliphatic carbocycles. The van der Waals surface area contributed by atoms with Gasteiger partial charge in [-0.05, 0) is 32.1 Å². The van der Waals surface area contributed by atoms with Gasteiger partial charge < -0.3 is 10.6 Å². The molecule has 1 aliphatic heterocycles. The molecule has 0 amide bonds. The zero-order valence-corrected chi connectivity index (χ0v) is 9.87. The number of likely N-dealkylation sites (tertiary alicyclic amines) is 1. The van der Waals surface area contributed by atoms with Crippen molar-refractivity contribution in [3.63, 3.8) is 0 Å². The number of likely N-dealkylation sites (N-methyl/N-ethyl adjacent to an activating group) is 1. The monoisotopic (exact) mass is 232 g/mol. The minimum absolute atomic E-state index is 0.363. The number of hydrogen-bond acceptors (Lipinski definition) is 5. The molecule has 1 unspecified atom stereocenters. The Morgan fingerprint density at radius 2 is 2.29 bits per heavy atom. The molecule has 1 aliphatic rings. The molecule has 6 nitrogen and oxygen atoms in total. The van der Waals surface area contributed by atoms with Crippen LogP contribution in [0.4, 0.5) is 0 Å². The molecule has 2 aromatic rings. The van der Waals surface area contributed by atoms with Crippen LogP contribution < -0.4 is 5.73 Å². The van der Waals surface area contributed by atoms with Crippen molar-refractivity contribution >= 4 is 5.65 Å². The van der Waals surface area contributed by atoms with E-state index in [1.165, 1.54) is 0 Å². The van der Waals surface area contributed by atoms with Crippen LogP contribution in [0.15, 0.2) is 12.1 Å². The first kappa shape index (κ1) is 10.6. The highest BCUT2D eigenvalue weighted by Gasteiger charge is 2.23. The maximum atomic E-state index is 5.61. The van der Waals surface area contributed by atoms with Crippen molar-refractivity contribution in [1.29, 1.82) is 0 Å². The summed E-state index contributed by atoms with van der Waals surface area (Å²) in [5.41, 5.74) is 7.49. The van der Waals surface area contributed by atoms with E-state index in [1.54, 1.807) is 4.52 Å². The van der Waals surface area contributed by atoms with Gasteiger partial charge in [0.2, 0.25) is 0 Å². The van der Waals surface area contributed by atoms with E-state index in [0.717, 1.165) is 30.9 Å². The van der Waals surface area contributed by atoms with Gasteiger partial charge in [0.05, 0.1) is 12.2 Å². The maximum Gasteiger partial charge on any atom is 0.177 e. The van der Waals surface area contributed by atoms with Crippen LogP contribution in [-0.2, 0) is 6.54 Å². The van der Waals surface area contributed by atoms with Crippen molar-refractivity contribution in [2.24, 2.45) is 5.73 Å². The molecule has 0 bridgehead atoms. The average Bonchev–Trinajstić information content (AvgIpc) is 2.94. The highest BCUT2D eigenvalue weighted by molar-refractivity contribution is 5.36. The maximum absolute atomic E-state index is 5.61. The molecule has 1 atom stereocenters. The lowest BCUT2D eigenvalue weighted by molar-refractivity contribution is 0.410. The summed E-state index contributed by atoms with van der Waals surface area (Å²) in [6.07, 6.45) is 1.16. The van der Waals surface area contributed by atoms with E-state index in [4.69, 9.17) is 5.73 Å². The molecule has 2 aromatic heterocycles. The second kappa shape index (κ2) is 4.05. The largest absolute Gasteiger partial charge is 0.324 e. The number of hydrogen-bond donors (Lipinski definition) is 1. The molecular formula is C11H16N6. The topological polar surface area (TPSA) is 72.3 Å². The molecule has 1 saturated heterocycles. The third kappa shape index (κ3) is 1.79. The summed E-state index contributed by atoms with van der Waals surface area (Å²) >= 11 is 0. The van der Waals surface area contributed by atoms with Gasteiger partial charge >= 0.3 is 0 Å². The van der Waals surface area contributed by atoms with E-state index in [-0.39, 0.29) is 0 Å². The average molecular weight is 232 g/mol. The van der Waals surface area contributed by atoms with Gasteiger partial charge in [-0.25, -0.2) is 0 Å². The lowest BCUT2D eigenvalue weighted by Crippen LogP contribution is -2.14. The first-order chi connectivity index (χ1) is 8.28. The van der Waals surface area contributed by atoms with Crippen LogP contribution in [0.3, 0.4) is 0 Å². The molecule has 90 valence electrons. The van der Waals surface area contributed by atoms with Crippen LogP contribution in [0.25, 0.3) is 5.65 Å². The standard InChI is InChI=1S/C11H16N6/c1-16-5-4-8(7-16)9-2-3-10-13-14-11(6-12)17(10)15-9/h2-3,8H,4-7,12H2,1H3. The fourth-order valence-corrected chi connectivity index (χ4v) is 2.37. The predicted molar refractivity (Wildman–Crippen MR) is 63.5 cm³/mol. The van der Waals surface area contributed by atoms with E-state index in [2.05, 4.69) is 27.2 Å². The van der Waals surface area contributed by atoms with Crippen molar-refractivity contribution in [2.75, 3.05) is 20.1 Å². The summed E-state index contributed by atoms with van der Waals surface area (Å²) in [5, 5.41) is 12.7. The highest BCUT2D eigenvalue weighted by atomic mass is 15.4. The Hall–Kier alpha value is -1.53. The Bertz CT molecular complexity index is 534. The Morgan fingerprint density at radius 3 is 3.00 bits per heavy atom. The first-order valence-corrected chi connectivity index (χ1v) is 5.88. The molecule has 2 N–H and O–H groups in total. The number of aromatic nitrogens is 4. The molecule has 17 heavy (non-hydrogen) atoms. The first-order valence-electron chi connectivity index (χ1n) is 5.88. The van der Waals surface area contributed by atoms with Gasteiger partial charge in [-0.3, -0.25) is 0 Å². The van der Waals surface area contributed by atoms with Crippen molar-refractivity contribution in [3.05, 3.63) is 23.7 Å². The molecule has 0 aromatic carbocycles. The van der Waals surface area contributed by atoms with E-state index in [0.29, 0.717) is 18.3 Å². The molecule has 3 heterocycles. The Labute approximate surface area is 99.4 Å². The predicted octanol–water partition coefficient (Wildman–Crippen LogP) is 0.00210. The second-order valence-electron chi connectivity index (χ2n) is 4.60. The smallest absolute Gasteiger partial charge is 0.177 e. The molecular weight excluding hydrogens is 216 g/mol. The van der Waals surface area contributed by atoms with Gasteiger partial charge in [0, 0.05) is 12.5 Å². The zero-order chi connectivity index (χ0) is 11.8. The highest BCUT2D eigenvalue weighted by Crippen LogP contribution is 2.24. The molecule has 3 rings (SSSR count). The summed E-state index contributed by atoms with van der Waals surface area (Å²) in [7, 11) is 2.14. The number of fused-ring (bicyclic) bond motifs is 1. The van der Waals surface area contributed by atoms with Crippen molar-refractivity contribution < 1.29 is 0 Å². The van der Waals surface area contributed by atoms with Crippen LogP contribution in [0.2, 0.25) is 0 Å². The summed E-state index contributed by atoms with van der Waals surface area (Å²) < 4.78 is 1.76. The minimum Gasteiger partial charge on any atom is -0.324 e. The summed E-state index contributed by atoms with van der Waals surface area (Å²) in [4.78, 5) is 2.33. The van der Waals surface area contributed by atoms with Gasteiger partial charge in [-0.2, -0.15) is 9.61 Å². The fourth-order valence-electron chi connectivity index (χ4n) is 2.37. The van der Waals surface area contributed by atoms with Crippen molar-refractivity contribution in [1.82, 2.24) is 24.7 Å². The Balaban J connectivity index is 2.00. The quantitative estimate of drug-likeness (QED) is 0.789. The van der Waals surface area contributed by atoms with E-state index >= 15 is 0 Å². The van der Waals surface area contributed by atoms with E-state index < -0.39 is 0 Å². The summed E-state index contributed by atoms with van der Waals surface area (Å²) in [6.45, 7) is 2.57. The second-order valence-corrected chi connectivity index (χ2v) is 4.60. The number of nitrogens with two attached hydrogens (primary N) is 1. The summed E-state index contributed by atoms with van der Waals surface area (Å²) in [5.74, 6) is 1.23. The SMILES string of the molecule is CN1CCC(c2ccc3nnc(CN)n3n2)C1. The third-order valence-corrected chi connectivity index (χ3v) is 3.34. The van der Waals surface area contributed by atoms with Crippen LogP contribution in [0, 0.1) is 0 Å². The van der Waals surface area contributed by atoms with Crippen LogP contribution in [0.5, 0.6) is 0 Å². The van der Waals surface area contributed by atoms with Crippen molar-refractivity contribution in [3.8, 4) is 0 Å². The van der Waals surface area contributed by atoms with Crippen LogP contribution in [0.1, 0.15) is 23.9 Å². The molecule has 0 spiro atoms. The number of nitrogens with zero attached hydrogens (tertiary/aromatic N) is 5. The van der Waals surface area contributed by atoms with Crippen molar-refractivity contribution in [2.45, 2.75) is 18.9 Å². The van der Waals surface area contributed by atoms with Gasteiger partial charge in [-0.1, -0.05) is 0 Å². The zero-order valence-electron chi connectivity index (χ0n) is 9.87. The Kier molecular flexibility index (Phi) is 2.53. The van der Waals surface area contributed by atoms with Gasteiger partial charge in [0.25, 0.3) is 0 Å². The van der Waals surface area contributed by atoms with E-state index in [9.17, 15) is 0 Å². The van der Waals surface area contributed by atoms with Crippen LogP contribution in [-0.4, -0.2) is 44.8 Å². The van der Waals surface area contributed by atoms with Gasteiger partial charge in [0.15, 0.2) is 11.5 Å². The normalized spacial score (nSPS) is 21.4. The summed E-state index contributed by atoms with van der Waals surface area (Å²) in [6, 6.07) is 4.01. The molecule has 1 fully saturated rings. The van der Waals surface area contributed by atoms with Gasteiger partial charge in [-0.15, -0.1) is 10.2 Å².